The van der Waals surface area contributed by atoms with Gasteiger partial charge in [-0.1, -0.05) is 304 Å². The lowest BCUT2D eigenvalue weighted by Gasteiger charge is -2.21. The molecule has 5 atom stereocenters. The molecule has 0 heterocycles. The fourth-order valence-electron chi connectivity index (χ4n) is 10.5. The highest BCUT2D eigenvalue weighted by molar-refractivity contribution is 7.47. The average Bonchev–Trinajstić information content (AvgIpc) is 3.71. The van der Waals surface area contributed by atoms with Crippen LogP contribution in [0.1, 0.15) is 356 Å². The lowest BCUT2D eigenvalue weighted by Crippen LogP contribution is -2.30. The predicted molar refractivity (Wildman–Crippen MR) is 354 cm³/mol. The zero-order valence-electron chi connectivity index (χ0n) is 56.9. The summed E-state index contributed by atoms with van der Waals surface area (Å²) < 4.78 is 68.1. The standard InChI is InChI=1S/C69H134O17P2/c1-6-9-12-15-18-20-22-24-26-28-30-32-34-37-43-48-53-67(72)80-59-64(85-68(73)54-49-44-38-35-33-31-29-27-25-23-21-19-16-13-10-7-2)60-83-87(75,76)81-56-63(70)57-82-88(77,78)84-61-65(58-79-66(71)52-47-42-36-17-14-11-8-3)86-69(74)55-50-45-40-39-41-46-51-62(4)5/h62-65,70H,6-61H2,1-5H3,(H,75,76)(H,77,78)/t63-,64-,65-/m1/s1. The van der Waals surface area contributed by atoms with E-state index in [1.165, 1.54) is 167 Å². The van der Waals surface area contributed by atoms with Crippen LogP contribution in [-0.4, -0.2) is 96.7 Å². The van der Waals surface area contributed by atoms with Gasteiger partial charge in [-0.15, -0.1) is 0 Å². The number of carbonyl (C=O) groups excluding carboxylic acids is 4. The molecule has 0 aromatic carbocycles. The molecular formula is C69H134O17P2. The Bertz CT molecular complexity index is 1700. The molecule has 19 heteroatoms. The first-order valence-electron chi connectivity index (χ1n) is 36.1. The zero-order valence-corrected chi connectivity index (χ0v) is 58.6. The van der Waals surface area contributed by atoms with E-state index >= 15 is 0 Å². The Hall–Kier alpha value is -1.94. The Labute approximate surface area is 537 Å². The van der Waals surface area contributed by atoms with Gasteiger partial charge in [-0.05, 0) is 31.6 Å². The van der Waals surface area contributed by atoms with Crippen LogP contribution in [-0.2, 0) is 65.4 Å². The summed E-state index contributed by atoms with van der Waals surface area (Å²) >= 11 is 0. The van der Waals surface area contributed by atoms with Crippen molar-refractivity contribution in [2.75, 3.05) is 39.6 Å². The molecule has 0 saturated carbocycles. The normalized spacial score (nSPS) is 14.1. The number of aliphatic hydroxyl groups is 1. The van der Waals surface area contributed by atoms with Gasteiger partial charge in [0.2, 0.25) is 0 Å². The number of hydrogen-bond acceptors (Lipinski definition) is 15. The number of aliphatic hydroxyl groups excluding tert-OH is 1. The third-order valence-electron chi connectivity index (χ3n) is 16.0. The van der Waals surface area contributed by atoms with Gasteiger partial charge in [0.1, 0.15) is 19.3 Å². The third kappa shape index (κ3) is 62.8. The van der Waals surface area contributed by atoms with E-state index in [0.717, 1.165) is 103 Å². The number of unbranched alkanes of at least 4 members (excludes halogenated alkanes) is 41. The molecule has 17 nitrogen and oxygen atoms in total. The van der Waals surface area contributed by atoms with Gasteiger partial charge in [0.25, 0.3) is 0 Å². The highest BCUT2D eigenvalue weighted by atomic mass is 31.2. The van der Waals surface area contributed by atoms with Crippen molar-refractivity contribution >= 4 is 39.5 Å². The van der Waals surface area contributed by atoms with Crippen molar-refractivity contribution in [1.82, 2.24) is 0 Å². The summed E-state index contributed by atoms with van der Waals surface area (Å²) in [6.07, 6.45) is 48.9. The highest BCUT2D eigenvalue weighted by Crippen LogP contribution is 2.45. The molecule has 0 rings (SSSR count). The Balaban J connectivity index is 5.18. The van der Waals surface area contributed by atoms with Crippen LogP contribution in [0.15, 0.2) is 0 Å². The van der Waals surface area contributed by atoms with Gasteiger partial charge >= 0.3 is 39.5 Å². The summed E-state index contributed by atoms with van der Waals surface area (Å²) in [4.78, 5) is 72.3. The first-order valence-corrected chi connectivity index (χ1v) is 39.1. The monoisotopic (exact) mass is 1300 g/mol. The number of hydrogen-bond donors (Lipinski definition) is 3. The number of carbonyl (C=O) groups is 4. The summed E-state index contributed by atoms with van der Waals surface area (Å²) in [6.45, 7) is 7.11. The topological polar surface area (TPSA) is 237 Å². The fraction of sp³-hybridized carbons (Fsp3) is 0.942. The number of ether oxygens (including phenoxy) is 4. The zero-order chi connectivity index (χ0) is 64.9. The summed E-state index contributed by atoms with van der Waals surface area (Å²) in [6, 6.07) is 0. The molecule has 2 unspecified atom stereocenters. The van der Waals surface area contributed by atoms with Gasteiger partial charge < -0.3 is 33.8 Å². The molecule has 0 aromatic heterocycles. The van der Waals surface area contributed by atoms with Crippen LogP contribution < -0.4 is 0 Å². The van der Waals surface area contributed by atoms with E-state index in [9.17, 15) is 43.2 Å². The smallest absolute Gasteiger partial charge is 0.462 e. The van der Waals surface area contributed by atoms with Crippen molar-refractivity contribution in [3.05, 3.63) is 0 Å². The van der Waals surface area contributed by atoms with Crippen molar-refractivity contribution in [2.45, 2.75) is 374 Å². The molecule has 0 radical (unpaired) electrons. The van der Waals surface area contributed by atoms with Crippen LogP contribution in [0.2, 0.25) is 0 Å². The summed E-state index contributed by atoms with van der Waals surface area (Å²) in [5, 5.41) is 10.6. The van der Waals surface area contributed by atoms with Crippen LogP contribution in [0.3, 0.4) is 0 Å². The Morgan fingerprint density at radius 2 is 0.523 bits per heavy atom. The molecule has 0 spiro atoms. The van der Waals surface area contributed by atoms with Crippen molar-refractivity contribution in [1.29, 1.82) is 0 Å². The van der Waals surface area contributed by atoms with Crippen molar-refractivity contribution in [3.8, 4) is 0 Å². The lowest BCUT2D eigenvalue weighted by atomic mass is 10.0. The quantitative estimate of drug-likeness (QED) is 0.0222. The van der Waals surface area contributed by atoms with Gasteiger partial charge in [0, 0.05) is 25.7 Å². The van der Waals surface area contributed by atoms with Gasteiger partial charge in [-0.3, -0.25) is 37.3 Å². The highest BCUT2D eigenvalue weighted by Gasteiger charge is 2.30. The van der Waals surface area contributed by atoms with Crippen LogP contribution in [0.5, 0.6) is 0 Å². The van der Waals surface area contributed by atoms with Crippen LogP contribution in [0.25, 0.3) is 0 Å². The van der Waals surface area contributed by atoms with Gasteiger partial charge in [0.15, 0.2) is 12.2 Å². The predicted octanol–water partition coefficient (Wildman–Crippen LogP) is 19.7. The van der Waals surface area contributed by atoms with Crippen molar-refractivity contribution in [2.24, 2.45) is 5.92 Å². The van der Waals surface area contributed by atoms with Gasteiger partial charge in [0.05, 0.1) is 26.4 Å². The minimum Gasteiger partial charge on any atom is -0.462 e. The maximum Gasteiger partial charge on any atom is 0.472 e. The molecule has 0 aliphatic carbocycles. The summed E-state index contributed by atoms with van der Waals surface area (Å²) in [7, 11) is -9.89. The second kappa shape index (κ2) is 62.5. The minimum absolute atomic E-state index is 0.102. The van der Waals surface area contributed by atoms with Crippen molar-refractivity contribution < 1.29 is 80.2 Å². The molecule has 0 aliphatic rings. The molecule has 0 bridgehead atoms. The second-order valence-corrected chi connectivity index (χ2v) is 28.3. The van der Waals surface area contributed by atoms with E-state index in [1.807, 2.05) is 0 Å². The molecule has 0 amide bonds. The van der Waals surface area contributed by atoms with Crippen LogP contribution in [0, 0.1) is 5.92 Å². The van der Waals surface area contributed by atoms with Gasteiger partial charge in [-0.2, -0.15) is 0 Å². The summed E-state index contributed by atoms with van der Waals surface area (Å²) in [5.74, 6) is -1.46. The third-order valence-corrected chi connectivity index (χ3v) is 17.9. The summed E-state index contributed by atoms with van der Waals surface area (Å²) in [5.41, 5.74) is 0. The minimum atomic E-state index is -4.95. The number of rotatable bonds is 69. The number of phosphoric ester groups is 2. The van der Waals surface area contributed by atoms with E-state index < -0.39 is 97.5 Å². The van der Waals surface area contributed by atoms with E-state index in [4.69, 9.17) is 37.0 Å². The molecule has 0 saturated heterocycles. The molecule has 3 N–H and O–H groups in total. The molecule has 522 valence electrons. The largest absolute Gasteiger partial charge is 0.472 e. The lowest BCUT2D eigenvalue weighted by molar-refractivity contribution is -0.161. The molecule has 0 aromatic rings. The van der Waals surface area contributed by atoms with E-state index in [0.29, 0.717) is 31.6 Å². The SMILES string of the molecule is CCCCCCCCCCCCCCCCCCC(=O)OC[C@H](COP(=O)(O)OC[C@@H](O)COP(=O)(O)OC[C@@H](COC(=O)CCCCCCCCC)OC(=O)CCCCCCCCC(C)C)OC(=O)CCCCCCCCCCCCCCCCCC. The fourth-order valence-corrected chi connectivity index (χ4v) is 12.0. The maximum atomic E-state index is 13.0. The number of esters is 4. The molecule has 0 fully saturated rings. The first-order chi connectivity index (χ1) is 42.5. The molecule has 88 heavy (non-hydrogen) atoms. The molecular weight excluding hydrogens is 1160 g/mol. The van der Waals surface area contributed by atoms with Crippen LogP contribution >= 0.6 is 15.6 Å². The Morgan fingerprint density at radius 3 is 0.773 bits per heavy atom. The Morgan fingerprint density at radius 1 is 0.307 bits per heavy atom. The Kier molecular flexibility index (Phi) is 61.1. The van der Waals surface area contributed by atoms with E-state index in [1.54, 1.807) is 0 Å². The van der Waals surface area contributed by atoms with Crippen molar-refractivity contribution in [3.63, 3.8) is 0 Å². The second-order valence-electron chi connectivity index (χ2n) is 25.4. The van der Waals surface area contributed by atoms with Crippen LogP contribution in [0.4, 0.5) is 0 Å². The molecule has 0 aliphatic heterocycles. The maximum absolute atomic E-state index is 13.0. The number of phosphoric acid groups is 2. The van der Waals surface area contributed by atoms with E-state index in [2.05, 4.69) is 34.6 Å². The first kappa shape index (κ1) is 86.1. The van der Waals surface area contributed by atoms with Gasteiger partial charge in [-0.25, -0.2) is 9.13 Å². The average molecular weight is 1300 g/mol. The van der Waals surface area contributed by atoms with E-state index in [-0.39, 0.29) is 25.7 Å².